The average Bonchev–Trinajstić information content (AvgIpc) is 2.39. The molecule has 0 bridgehead atoms. The number of hydrogen-bond acceptors (Lipinski definition) is 3. The highest BCUT2D eigenvalue weighted by molar-refractivity contribution is 4.58. The van der Waals surface area contributed by atoms with Crippen LogP contribution in [0.25, 0.3) is 0 Å². The summed E-state index contributed by atoms with van der Waals surface area (Å²) in [6.07, 6.45) is 11.7. The quantitative estimate of drug-likeness (QED) is 0.475. The zero-order chi connectivity index (χ0) is 14.3. The van der Waals surface area contributed by atoms with E-state index in [1.165, 1.54) is 19.3 Å². The fourth-order valence-corrected chi connectivity index (χ4v) is 2.34. The summed E-state index contributed by atoms with van der Waals surface area (Å²) in [6.45, 7) is 2.65. The molecule has 116 valence electrons. The zero-order valence-electron chi connectivity index (χ0n) is 12.9. The highest BCUT2D eigenvalue weighted by atomic mass is 16.5. The second kappa shape index (κ2) is 14.3. The van der Waals surface area contributed by atoms with E-state index >= 15 is 0 Å². The Morgan fingerprint density at radius 2 is 1.21 bits per heavy atom. The maximum Gasteiger partial charge on any atom is 0.0773 e. The van der Waals surface area contributed by atoms with Gasteiger partial charge in [-0.1, -0.05) is 58.3 Å². The van der Waals surface area contributed by atoms with Crippen molar-refractivity contribution in [3.05, 3.63) is 0 Å². The molecule has 0 heterocycles. The van der Waals surface area contributed by atoms with Gasteiger partial charge in [0, 0.05) is 7.11 Å². The van der Waals surface area contributed by atoms with Gasteiger partial charge < -0.3 is 14.9 Å². The summed E-state index contributed by atoms with van der Waals surface area (Å²) in [7, 11) is 1.62. The molecule has 0 aliphatic rings. The molecule has 3 nitrogen and oxygen atoms in total. The predicted octanol–water partition coefficient (Wildman–Crippen LogP) is 3.67. The first-order valence-electron chi connectivity index (χ1n) is 8.05. The van der Waals surface area contributed by atoms with Gasteiger partial charge in [0.1, 0.15) is 0 Å². The minimum Gasteiger partial charge on any atom is -0.393 e. The van der Waals surface area contributed by atoms with E-state index in [0.29, 0.717) is 6.61 Å². The standard InChI is InChI=1S/C16H34O3/c1-3-4-5-8-11-15(17)12-9-6-7-10-13-16(18)14-19-2/h15-18H,3-14H2,1-2H3/t15-,16+/m1/s1. The van der Waals surface area contributed by atoms with Gasteiger partial charge in [-0.25, -0.2) is 0 Å². The van der Waals surface area contributed by atoms with E-state index in [1.54, 1.807) is 7.11 Å². The number of ether oxygens (including phenoxy) is 1. The molecule has 0 aromatic heterocycles. The van der Waals surface area contributed by atoms with Crippen molar-refractivity contribution in [1.29, 1.82) is 0 Å². The van der Waals surface area contributed by atoms with Crippen molar-refractivity contribution in [2.45, 2.75) is 89.8 Å². The fourth-order valence-electron chi connectivity index (χ4n) is 2.34. The van der Waals surface area contributed by atoms with Gasteiger partial charge in [0.25, 0.3) is 0 Å². The average molecular weight is 274 g/mol. The Hall–Kier alpha value is -0.120. The molecule has 3 heteroatoms. The van der Waals surface area contributed by atoms with Crippen LogP contribution >= 0.6 is 0 Å². The van der Waals surface area contributed by atoms with Crippen LogP contribution in [0.5, 0.6) is 0 Å². The van der Waals surface area contributed by atoms with Gasteiger partial charge in [-0.15, -0.1) is 0 Å². The van der Waals surface area contributed by atoms with E-state index in [2.05, 4.69) is 6.92 Å². The molecule has 19 heavy (non-hydrogen) atoms. The van der Waals surface area contributed by atoms with Crippen LogP contribution in [0, 0.1) is 0 Å². The summed E-state index contributed by atoms with van der Waals surface area (Å²) >= 11 is 0. The van der Waals surface area contributed by atoms with Crippen LogP contribution in [-0.2, 0) is 4.74 Å². The number of methoxy groups -OCH3 is 1. The SMILES string of the molecule is CCCCCC[C@@H](O)CCCCCC[C@H](O)COC. The van der Waals surface area contributed by atoms with Gasteiger partial charge in [0.2, 0.25) is 0 Å². The van der Waals surface area contributed by atoms with Crippen LogP contribution in [0.15, 0.2) is 0 Å². The van der Waals surface area contributed by atoms with Crippen molar-refractivity contribution in [3.63, 3.8) is 0 Å². The molecule has 0 saturated heterocycles. The van der Waals surface area contributed by atoms with Crippen molar-refractivity contribution in [2.75, 3.05) is 13.7 Å². The zero-order valence-corrected chi connectivity index (χ0v) is 12.9. The van der Waals surface area contributed by atoms with Crippen LogP contribution in [0.1, 0.15) is 77.6 Å². The Bertz CT molecular complexity index is 173. The summed E-state index contributed by atoms with van der Waals surface area (Å²) in [5.41, 5.74) is 0. The number of unbranched alkanes of at least 4 members (excludes halogenated alkanes) is 6. The Morgan fingerprint density at radius 1 is 0.737 bits per heavy atom. The second-order valence-electron chi connectivity index (χ2n) is 5.60. The van der Waals surface area contributed by atoms with E-state index in [-0.39, 0.29) is 12.2 Å². The highest BCUT2D eigenvalue weighted by Gasteiger charge is 2.05. The molecule has 0 radical (unpaired) electrons. The minimum atomic E-state index is -0.311. The lowest BCUT2D eigenvalue weighted by molar-refractivity contribution is 0.0575. The molecule has 2 atom stereocenters. The maximum absolute atomic E-state index is 9.81. The highest BCUT2D eigenvalue weighted by Crippen LogP contribution is 2.13. The molecule has 2 N–H and O–H groups in total. The fraction of sp³-hybridized carbons (Fsp3) is 1.00. The third kappa shape index (κ3) is 14.1. The maximum atomic E-state index is 9.81. The van der Waals surface area contributed by atoms with E-state index in [0.717, 1.165) is 51.4 Å². The van der Waals surface area contributed by atoms with E-state index in [9.17, 15) is 10.2 Å². The first kappa shape index (κ1) is 18.9. The predicted molar refractivity (Wildman–Crippen MR) is 80.4 cm³/mol. The van der Waals surface area contributed by atoms with E-state index in [1.807, 2.05) is 0 Å². The number of aliphatic hydroxyl groups excluding tert-OH is 2. The van der Waals surface area contributed by atoms with Crippen molar-refractivity contribution in [1.82, 2.24) is 0 Å². The summed E-state index contributed by atoms with van der Waals surface area (Å²) in [4.78, 5) is 0. The minimum absolute atomic E-state index is 0.101. The molecule has 0 amide bonds. The van der Waals surface area contributed by atoms with Gasteiger partial charge in [-0.2, -0.15) is 0 Å². The Labute approximate surface area is 119 Å². The molecule has 0 aromatic rings. The molecule has 0 aliphatic carbocycles. The summed E-state index contributed by atoms with van der Waals surface area (Å²) in [5, 5.41) is 19.3. The van der Waals surface area contributed by atoms with Crippen molar-refractivity contribution >= 4 is 0 Å². The molecule has 0 unspecified atom stereocenters. The van der Waals surface area contributed by atoms with Crippen LogP contribution in [0.3, 0.4) is 0 Å². The Balaban J connectivity index is 3.20. The van der Waals surface area contributed by atoms with Crippen LogP contribution < -0.4 is 0 Å². The molecular formula is C16H34O3. The normalized spacial score (nSPS) is 14.5. The molecule has 0 spiro atoms. The van der Waals surface area contributed by atoms with Gasteiger partial charge in [-0.3, -0.25) is 0 Å². The second-order valence-corrected chi connectivity index (χ2v) is 5.60. The molecule has 0 rings (SSSR count). The molecule has 0 aromatic carbocycles. The Kier molecular flexibility index (Phi) is 14.2. The summed E-state index contributed by atoms with van der Waals surface area (Å²) < 4.78 is 4.89. The van der Waals surface area contributed by atoms with Gasteiger partial charge in [-0.05, 0) is 19.3 Å². The lowest BCUT2D eigenvalue weighted by atomic mass is 10.0. The Morgan fingerprint density at radius 3 is 1.68 bits per heavy atom. The van der Waals surface area contributed by atoms with Crippen LogP contribution in [0.4, 0.5) is 0 Å². The van der Waals surface area contributed by atoms with Gasteiger partial charge >= 0.3 is 0 Å². The molecular weight excluding hydrogens is 240 g/mol. The van der Waals surface area contributed by atoms with Gasteiger partial charge in [0.15, 0.2) is 0 Å². The first-order valence-corrected chi connectivity index (χ1v) is 8.05. The summed E-state index contributed by atoms with van der Waals surface area (Å²) in [6, 6.07) is 0. The third-order valence-corrected chi connectivity index (χ3v) is 3.57. The smallest absolute Gasteiger partial charge is 0.0773 e. The van der Waals surface area contributed by atoms with Gasteiger partial charge in [0.05, 0.1) is 18.8 Å². The van der Waals surface area contributed by atoms with Crippen molar-refractivity contribution in [2.24, 2.45) is 0 Å². The lowest BCUT2D eigenvalue weighted by Gasteiger charge is -2.11. The number of rotatable bonds is 14. The van der Waals surface area contributed by atoms with Crippen LogP contribution in [-0.4, -0.2) is 36.1 Å². The van der Waals surface area contributed by atoms with Crippen molar-refractivity contribution in [3.8, 4) is 0 Å². The topological polar surface area (TPSA) is 49.7 Å². The van der Waals surface area contributed by atoms with Crippen LogP contribution in [0.2, 0.25) is 0 Å². The monoisotopic (exact) mass is 274 g/mol. The number of aliphatic hydroxyl groups is 2. The lowest BCUT2D eigenvalue weighted by Crippen LogP contribution is -2.13. The van der Waals surface area contributed by atoms with E-state index in [4.69, 9.17) is 4.74 Å². The third-order valence-electron chi connectivity index (χ3n) is 3.57. The molecule has 0 fully saturated rings. The summed E-state index contributed by atoms with van der Waals surface area (Å²) in [5.74, 6) is 0. The first-order chi connectivity index (χ1) is 9.20. The molecule has 0 saturated carbocycles. The van der Waals surface area contributed by atoms with E-state index < -0.39 is 0 Å². The largest absolute Gasteiger partial charge is 0.393 e. The number of hydrogen-bond donors (Lipinski definition) is 2. The molecule has 0 aliphatic heterocycles. The van der Waals surface area contributed by atoms with Crippen molar-refractivity contribution < 1.29 is 14.9 Å².